The number of carbonyl (C=O) groups is 6. The minimum absolute atomic E-state index is 0. The number of amides is 4. The molecule has 414 valence electrons. The zero-order valence-corrected chi connectivity index (χ0v) is 45.6. The van der Waals surface area contributed by atoms with E-state index < -0.39 is 0 Å². The van der Waals surface area contributed by atoms with E-state index in [9.17, 15) is 28.8 Å². The van der Waals surface area contributed by atoms with Gasteiger partial charge in [-0.25, -0.2) is 0 Å². The number of halogens is 3. The van der Waals surface area contributed by atoms with Gasteiger partial charge in [-0.15, -0.1) is 52.5 Å². The third kappa shape index (κ3) is 31.5. The minimum atomic E-state index is -0.123. The Bertz CT molecular complexity index is 2480. The van der Waals surface area contributed by atoms with Gasteiger partial charge in [-0.05, 0) is 113 Å². The average Bonchev–Trinajstić information content (AvgIpc) is 3.35. The second kappa shape index (κ2) is 39.4. The Morgan fingerprint density at radius 3 is 0.829 bits per heavy atom. The molecule has 4 aromatic rings. The van der Waals surface area contributed by atoms with E-state index >= 15 is 0 Å². The molecule has 0 unspecified atom stereocenters. The molecule has 4 aromatic carbocycles. The zero-order chi connectivity index (χ0) is 54.1. The average molecular weight is 1110 g/mol. The van der Waals surface area contributed by atoms with Crippen molar-refractivity contribution in [2.45, 2.75) is 105 Å². The van der Waals surface area contributed by atoms with E-state index in [2.05, 4.69) is 52.6 Å². The van der Waals surface area contributed by atoms with E-state index in [0.29, 0.717) is 71.0 Å². The molecule has 0 saturated carbocycles. The first kappa shape index (κ1) is 70.0. The summed E-state index contributed by atoms with van der Waals surface area (Å²) in [4.78, 5) is 71.5. The fourth-order valence-electron chi connectivity index (χ4n) is 6.40. The number of ketones is 2. The summed E-state index contributed by atoms with van der Waals surface area (Å²) >= 11 is 0. The van der Waals surface area contributed by atoms with Gasteiger partial charge in [0.05, 0.1) is 11.4 Å². The van der Waals surface area contributed by atoms with Crippen molar-refractivity contribution < 1.29 is 28.8 Å². The largest absolute Gasteiger partial charge is 0.369 e. The highest BCUT2D eigenvalue weighted by Crippen LogP contribution is 2.17. The molecule has 76 heavy (non-hydrogen) atoms. The predicted octanol–water partition coefficient (Wildman–Crippen LogP) is 7.01. The number of benzene rings is 4. The molecule has 0 saturated heterocycles. The highest BCUT2D eigenvalue weighted by Gasteiger charge is 2.10. The molecule has 0 atom stereocenters. The van der Waals surface area contributed by atoms with Gasteiger partial charge >= 0.3 is 0 Å². The van der Waals surface area contributed by atoms with Gasteiger partial charge in [0, 0.05) is 59.6 Å². The number of hydrazone groups is 1. The third-order valence-corrected chi connectivity index (χ3v) is 10.1. The van der Waals surface area contributed by atoms with Gasteiger partial charge in [-0.3, -0.25) is 28.8 Å². The van der Waals surface area contributed by atoms with Gasteiger partial charge in [0.25, 0.3) is 0 Å². The Balaban J connectivity index is 0. The van der Waals surface area contributed by atoms with Crippen molar-refractivity contribution in [3.05, 3.63) is 119 Å². The van der Waals surface area contributed by atoms with Crippen LogP contribution in [0.25, 0.3) is 0 Å². The van der Waals surface area contributed by atoms with Crippen LogP contribution in [0.5, 0.6) is 0 Å². The molecule has 4 amide bonds. The lowest BCUT2D eigenvalue weighted by molar-refractivity contribution is -0.117. The maximum atomic E-state index is 12.3. The van der Waals surface area contributed by atoms with Crippen molar-refractivity contribution in [2.75, 3.05) is 21.3 Å². The van der Waals surface area contributed by atoms with Crippen LogP contribution < -0.4 is 61.5 Å². The van der Waals surface area contributed by atoms with E-state index in [0.717, 1.165) is 62.5 Å². The zero-order valence-electron chi connectivity index (χ0n) is 43.2. The van der Waals surface area contributed by atoms with Gasteiger partial charge in [-0.2, -0.15) is 10.2 Å². The van der Waals surface area contributed by atoms with E-state index in [1.54, 1.807) is 62.4 Å². The molecule has 0 bridgehead atoms. The second-order valence-corrected chi connectivity index (χ2v) is 16.4. The number of guanidine groups is 3. The van der Waals surface area contributed by atoms with Crippen LogP contribution in [0.15, 0.2) is 123 Å². The summed E-state index contributed by atoms with van der Waals surface area (Å²) in [5.74, 6) is 3.78. The monoisotopic (exact) mass is 1110 g/mol. The molecular weight excluding hydrogens is 1040 g/mol. The lowest BCUT2D eigenvalue weighted by Crippen LogP contribution is -2.23. The standard InChI is InChI=1S/C26H36N10O2.C24H28N2O4.CH6N4.3ClH/c1-17(33-35-25(27)28)19-9-7-11-21(15-19)31-23(37)13-5-3-4-6-14-24(38)32-22-12-8-10-20(16-22)18(2)34-36-26(29)30;1-17(27)19-9-7-11-21(15-19)25-23(29)13-5-3-4-6-14-24(30)26-22-12-8-10-20(16-22)18(2)28;2-1(3)5-4;;;/h7-12,15-16H,3-6,13-14H2,1-2H3,(H,31,37)(H,32,38)(H4,27,28,35)(H4,29,30,36);7-12,15-16H,3-6,13-14H2,1-2H3,(H,25,29)(H,26,30);4H2,(H4,2,3,5);3*1H/b33-17+,34-18+;;;;;. The quantitative estimate of drug-likeness (QED) is 0.00841. The summed E-state index contributed by atoms with van der Waals surface area (Å²) in [6.07, 6.45) is 7.92. The fraction of sp³-hybridized carbons (Fsp3) is 0.314. The number of carbonyl (C=O) groups excluding carboxylic acids is 6. The minimum Gasteiger partial charge on any atom is -0.369 e. The van der Waals surface area contributed by atoms with Crippen LogP contribution in [0.1, 0.15) is 137 Å². The number of unbranched alkanes of at least 4 members (excludes halogenated alkanes) is 6. The van der Waals surface area contributed by atoms with Gasteiger partial charge in [0.15, 0.2) is 11.6 Å². The summed E-state index contributed by atoms with van der Waals surface area (Å²) in [6, 6.07) is 28.4. The van der Waals surface area contributed by atoms with Crippen molar-refractivity contribution in [3.63, 3.8) is 0 Å². The van der Waals surface area contributed by atoms with Crippen molar-refractivity contribution in [3.8, 4) is 0 Å². The molecule has 0 heterocycles. The maximum absolute atomic E-state index is 12.3. The Morgan fingerprint density at radius 2 is 0.605 bits per heavy atom. The first-order chi connectivity index (χ1) is 34.8. The summed E-state index contributed by atoms with van der Waals surface area (Å²) in [5, 5.41) is 29.4. The number of nitrogens with two attached hydrogens (primary N) is 7. The number of hydrogen-bond acceptors (Lipinski definition) is 12. The summed E-state index contributed by atoms with van der Waals surface area (Å²) in [6.45, 7) is 6.53. The first-order valence-electron chi connectivity index (χ1n) is 23.4. The smallest absolute Gasteiger partial charge is 0.224 e. The lowest BCUT2D eigenvalue weighted by Gasteiger charge is -2.08. The third-order valence-electron chi connectivity index (χ3n) is 10.1. The van der Waals surface area contributed by atoms with Gasteiger partial charge < -0.3 is 61.5 Å². The number of rotatable bonds is 24. The summed E-state index contributed by atoms with van der Waals surface area (Å²) < 4.78 is 0. The van der Waals surface area contributed by atoms with Crippen LogP contribution in [0.4, 0.5) is 22.7 Å². The van der Waals surface area contributed by atoms with Crippen LogP contribution in [0, 0.1) is 0 Å². The molecule has 0 fully saturated rings. The molecule has 0 aliphatic heterocycles. The first-order valence-corrected chi connectivity index (χ1v) is 23.4. The number of hydrogen-bond donors (Lipinski definition) is 11. The Labute approximate surface area is 462 Å². The molecule has 4 rings (SSSR count). The number of Topliss-reactive ketones (excluding diaryl/α,β-unsaturated/α-hetero) is 2. The number of anilines is 4. The van der Waals surface area contributed by atoms with Crippen molar-refractivity contribution in [1.82, 2.24) is 0 Å². The molecule has 22 nitrogen and oxygen atoms in total. The van der Waals surface area contributed by atoms with E-state index in [1.807, 2.05) is 48.5 Å². The SMILES string of the molecule is C/C(=N\N=C(N)N)c1cccc(NC(=O)CCCCCCC(=O)Nc2cccc(/C(C)=N/N=C(N)N)c2)c1.CC(=O)c1cccc(NC(=O)CCCCCCC(=O)Nc2cccc(C(C)=O)c2)c1.Cl.Cl.Cl.NN=C(N)N. The van der Waals surface area contributed by atoms with Crippen LogP contribution in [-0.4, -0.2) is 64.5 Å². The van der Waals surface area contributed by atoms with E-state index in [1.165, 1.54) is 13.8 Å². The lowest BCUT2D eigenvalue weighted by atomic mass is 10.1. The molecule has 25 heteroatoms. The van der Waals surface area contributed by atoms with Crippen LogP contribution in [0.3, 0.4) is 0 Å². The topological polar surface area (TPSA) is 394 Å². The number of nitrogens with one attached hydrogen (secondary N) is 4. The van der Waals surface area contributed by atoms with Crippen molar-refractivity contribution in [2.24, 2.45) is 65.8 Å². The number of nitrogens with zero attached hydrogens (tertiary/aromatic N) is 5. The van der Waals surface area contributed by atoms with Gasteiger partial charge in [0.1, 0.15) is 0 Å². The van der Waals surface area contributed by atoms with Gasteiger partial charge in [0.2, 0.25) is 41.5 Å². The second-order valence-electron chi connectivity index (χ2n) is 16.4. The van der Waals surface area contributed by atoms with Crippen molar-refractivity contribution in [1.29, 1.82) is 0 Å². The maximum Gasteiger partial charge on any atom is 0.224 e. The van der Waals surface area contributed by atoms with Crippen LogP contribution >= 0.6 is 37.2 Å². The van der Waals surface area contributed by atoms with E-state index in [4.69, 9.17) is 34.4 Å². The molecular formula is C51H73Cl3N16O6. The Kier molecular flexibility index (Phi) is 36.3. The molecule has 0 aromatic heterocycles. The molecule has 0 aliphatic carbocycles. The fourth-order valence-corrected chi connectivity index (χ4v) is 6.40. The summed E-state index contributed by atoms with van der Waals surface area (Å²) in [7, 11) is 0. The van der Waals surface area contributed by atoms with Gasteiger partial charge in [-0.1, -0.05) is 74.2 Å². The molecule has 0 aliphatic rings. The van der Waals surface area contributed by atoms with Crippen LogP contribution in [0.2, 0.25) is 0 Å². The van der Waals surface area contributed by atoms with E-state index in [-0.39, 0.29) is 90.3 Å². The summed E-state index contributed by atoms with van der Waals surface area (Å²) in [5.41, 5.74) is 37.2. The highest BCUT2D eigenvalue weighted by atomic mass is 35.5. The molecule has 18 N–H and O–H groups in total. The Morgan fingerprint density at radius 1 is 0.368 bits per heavy atom. The van der Waals surface area contributed by atoms with Crippen molar-refractivity contribution >= 4 is 124 Å². The predicted molar refractivity (Wildman–Crippen MR) is 313 cm³/mol. The normalized spacial score (nSPS) is 10.2. The molecule has 0 radical (unpaired) electrons. The molecule has 0 spiro atoms. The highest BCUT2D eigenvalue weighted by molar-refractivity contribution is 6.02. The Hall–Kier alpha value is -8.08. The van der Waals surface area contributed by atoms with Crippen LogP contribution in [-0.2, 0) is 19.2 Å².